The fourth-order valence-corrected chi connectivity index (χ4v) is 5.01. The summed E-state index contributed by atoms with van der Waals surface area (Å²) in [5.74, 6) is 1.40. The molecule has 0 spiro atoms. The number of benzene rings is 2. The van der Waals surface area contributed by atoms with Gasteiger partial charge in [-0.3, -0.25) is 9.69 Å². The first-order chi connectivity index (χ1) is 20.6. The molecule has 4 aromatic rings. The minimum absolute atomic E-state index is 0.0139. The Morgan fingerprint density at radius 2 is 1.86 bits per heavy atom. The number of anilines is 2. The zero-order valence-corrected chi connectivity index (χ0v) is 23.3. The van der Waals surface area contributed by atoms with Gasteiger partial charge in [-0.25, -0.2) is 19.6 Å². The summed E-state index contributed by atoms with van der Waals surface area (Å²) in [6, 6.07) is 13.6. The van der Waals surface area contributed by atoms with Crippen molar-refractivity contribution in [2.75, 3.05) is 45.2 Å². The molecule has 0 bridgehead atoms. The summed E-state index contributed by atoms with van der Waals surface area (Å²) in [6.45, 7) is 4.20. The lowest BCUT2D eigenvalue weighted by Gasteiger charge is -2.35. The highest BCUT2D eigenvalue weighted by Gasteiger charge is 2.32. The van der Waals surface area contributed by atoms with Crippen LogP contribution in [0.3, 0.4) is 0 Å². The minimum Gasteiger partial charge on any atom is -0.495 e. The van der Waals surface area contributed by atoms with Crippen LogP contribution >= 0.6 is 0 Å². The highest BCUT2D eigenvalue weighted by atomic mass is 16.5. The Bertz CT molecular complexity index is 1570. The van der Waals surface area contributed by atoms with Crippen LogP contribution < -0.4 is 14.8 Å². The summed E-state index contributed by atoms with van der Waals surface area (Å²) in [6.07, 6.45) is 9.03. The highest BCUT2D eigenvalue weighted by Crippen LogP contribution is 2.31. The number of methoxy groups -OCH3 is 1. The van der Waals surface area contributed by atoms with Crippen molar-refractivity contribution in [2.24, 2.45) is 0 Å². The van der Waals surface area contributed by atoms with Crippen LogP contribution in [0.4, 0.5) is 11.6 Å². The number of rotatable bonds is 10. The Hall–Kier alpha value is -5.02. The van der Waals surface area contributed by atoms with E-state index in [1.165, 1.54) is 19.2 Å². The Kier molecular flexibility index (Phi) is 7.91. The van der Waals surface area contributed by atoms with Gasteiger partial charge in [-0.15, -0.1) is 0 Å². The summed E-state index contributed by atoms with van der Waals surface area (Å²) in [7, 11) is 1.57. The number of nitriles is 1. The Morgan fingerprint density at radius 1 is 1.05 bits per heavy atom. The lowest BCUT2D eigenvalue weighted by atomic mass is 10.1. The van der Waals surface area contributed by atoms with Crippen molar-refractivity contribution in [3.8, 4) is 28.7 Å². The monoisotopic (exact) mass is 565 g/mol. The number of nitrogens with one attached hydrogen (secondary N) is 1. The molecule has 2 aliphatic rings. The van der Waals surface area contributed by atoms with Crippen molar-refractivity contribution in [1.29, 1.82) is 5.26 Å². The van der Waals surface area contributed by atoms with Crippen molar-refractivity contribution in [3.05, 3.63) is 72.6 Å². The van der Waals surface area contributed by atoms with E-state index in [-0.39, 0.29) is 5.91 Å². The average molecular weight is 566 g/mol. The Balaban J connectivity index is 1.10. The first kappa shape index (κ1) is 27.2. The van der Waals surface area contributed by atoms with Crippen LogP contribution in [0.2, 0.25) is 0 Å². The molecule has 1 aliphatic carbocycles. The minimum atomic E-state index is 0.0139. The van der Waals surface area contributed by atoms with Gasteiger partial charge in [0.15, 0.2) is 0 Å². The Labute approximate surface area is 243 Å². The molecule has 0 unspecified atom stereocenters. The van der Waals surface area contributed by atoms with E-state index in [2.05, 4.69) is 36.3 Å². The topological polar surface area (TPSA) is 134 Å². The molecule has 12 heteroatoms. The maximum absolute atomic E-state index is 13.2. The smallest absolute Gasteiger partial charge is 0.254 e. The maximum atomic E-state index is 13.2. The van der Waals surface area contributed by atoms with Crippen LogP contribution in [0.25, 0.3) is 11.1 Å². The number of ether oxygens (including phenoxy) is 2. The first-order valence-corrected chi connectivity index (χ1v) is 13.9. The van der Waals surface area contributed by atoms with Crippen molar-refractivity contribution in [3.63, 3.8) is 0 Å². The van der Waals surface area contributed by atoms with Crippen molar-refractivity contribution >= 4 is 17.5 Å². The molecule has 3 heterocycles. The SMILES string of the molecule is COc1cc(C(=O)N2CCN(C3CC3)CC2)ccc1Nc1ncc(-c2ccc(C#N)c(OCCn3cncn3)c2)cn1. The molecule has 1 amide bonds. The largest absolute Gasteiger partial charge is 0.495 e. The second-order valence-electron chi connectivity index (χ2n) is 10.2. The number of amides is 1. The van der Waals surface area contributed by atoms with Crippen LogP contribution in [0, 0.1) is 11.3 Å². The normalized spacial score (nSPS) is 15.2. The molecular formula is C30H31N9O3. The third-order valence-corrected chi connectivity index (χ3v) is 7.49. The number of aromatic nitrogens is 5. The molecule has 2 aromatic heterocycles. The van der Waals surface area contributed by atoms with Gasteiger partial charge in [0.1, 0.15) is 36.8 Å². The van der Waals surface area contributed by atoms with Crippen LogP contribution in [0.5, 0.6) is 11.5 Å². The summed E-state index contributed by atoms with van der Waals surface area (Å²) in [5, 5.41) is 16.7. The van der Waals surface area contributed by atoms with E-state index >= 15 is 0 Å². The van der Waals surface area contributed by atoms with Crippen molar-refractivity contribution < 1.29 is 14.3 Å². The first-order valence-electron chi connectivity index (χ1n) is 13.9. The van der Waals surface area contributed by atoms with Gasteiger partial charge in [0.2, 0.25) is 5.95 Å². The fourth-order valence-electron chi connectivity index (χ4n) is 5.01. The molecule has 1 saturated heterocycles. The van der Waals surface area contributed by atoms with Crippen molar-refractivity contribution in [1.82, 2.24) is 34.5 Å². The lowest BCUT2D eigenvalue weighted by molar-refractivity contribution is 0.0627. The van der Waals surface area contributed by atoms with E-state index in [1.807, 2.05) is 17.0 Å². The van der Waals surface area contributed by atoms with Gasteiger partial charge in [-0.05, 0) is 48.7 Å². The predicted molar refractivity (Wildman–Crippen MR) is 154 cm³/mol. The van der Waals surface area contributed by atoms with Gasteiger partial charge in [-0.1, -0.05) is 6.07 Å². The highest BCUT2D eigenvalue weighted by molar-refractivity contribution is 5.95. The van der Waals surface area contributed by atoms with Gasteiger partial charge >= 0.3 is 0 Å². The van der Waals surface area contributed by atoms with Crippen LogP contribution in [-0.2, 0) is 6.54 Å². The van der Waals surface area contributed by atoms with E-state index in [4.69, 9.17) is 9.47 Å². The molecule has 6 rings (SSSR count). The number of carbonyl (C=O) groups excluding carboxylic acids is 1. The van der Waals surface area contributed by atoms with E-state index < -0.39 is 0 Å². The molecule has 1 saturated carbocycles. The fraction of sp³-hybridized carbons (Fsp3) is 0.333. The number of nitrogens with zero attached hydrogens (tertiary/aromatic N) is 8. The number of carbonyl (C=O) groups is 1. The second kappa shape index (κ2) is 12.2. The maximum Gasteiger partial charge on any atom is 0.254 e. The molecule has 2 fully saturated rings. The standard InChI is InChI=1S/C30H31N9O3/c1-41-28-15-22(29(40)38-10-8-37(9-11-38)25-5-6-25)4-7-26(28)36-30-33-17-24(18-34-30)21-2-3-23(16-31)27(14-21)42-13-12-39-20-32-19-35-39/h2-4,7,14-15,17-20,25H,5-6,8-13H2,1H3,(H,33,34,36). The van der Waals surface area contributed by atoms with E-state index in [1.54, 1.807) is 54.8 Å². The van der Waals surface area contributed by atoms with Gasteiger partial charge in [0.25, 0.3) is 5.91 Å². The molecule has 2 aromatic carbocycles. The summed E-state index contributed by atoms with van der Waals surface area (Å²) < 4.78 is 13.1. The molecule has 214 valence electrons. The molecule has 12 nitrogen and oxygen atoms in total. The van der Waals surface area contributed by atoms with Crippen LogP contribution in [-0.4, -0.2) is 86.4 Å². The summed E-state index contributed by atoms with van der Waals surface area (Å²) in [4.78, 5) is 30.4. The van der Waals surface area contributed by atoms with Gasteiger partial charge < -0.3 is 19.7 Å². The quantitative estimate of drug-likeness (QED) is 0.305. The van der Waals surface area contributed by atoms with E-state index in [0.717, 1.165) is 43.3 Å². The molecule has 1 aliphatic heterocycles. The lowest BCUT2D eigenvalue weighted by Crippen LogP contribution is -2.49. The molecule has 0 atom stereocenters. The molecule has 42 heavy (non-hydrogen) atoms. The van der Waals surface area contributed by atoms with Gasteiger partial charge in [0, 0.05) is 55.7 Å². The zero-order valence-electron chi connectivity index (χ0n) is 23.3. The number of hydrogen-bond acceptors (Lipinski definition) is 10. The number of hydrogen-bond donors (Lipinski definition) is 1. The van der Waals surface area contributed by atoms with Crippen molar-refractivity contribution in [2.45, 2.75) is 25.4 Å². The molecular weight excluding hydrogens is 534 g/mol. The zero-order chi connectivity index (χ0) is 28.9. The Morgan fingerprint density at radius 3 is 2.55 bits per heavy atom. The van der Waals surface area contributed by atoms with E-state index in [0.29, 0.717) is 47.4 Å². The summed E-state index contributed by atoms with van der Waals surface area (Å²) in [5.41, 5.74) is 3.26. The summed E-state index contributed by atoms with van der Waals surface area (Å²) >= 11 is 0. The molecule has 1 N–H and O–H groups in total. The van der Waals surface area contributed by atoms with Gasteiger partial charge in [-0.2, -0.15) is 10.4 Å². The van der Waals surface area contributed by atoms with Crippen LogP contribution in [0.1, 0.15) is 28.8 Å². The third-order valence-electron chi connectivity index (χ3n) is 7.49. The average Bonchev–Trinajstić information content (AvgIpc) is 3.76. The number of piperazine rings is 1. The van der Waals surface area contributed by atoms with Crippen LogP contribution in [0.15, 0.2) is 61.4 Å². The van der Waals surface area contributed by atoms with E-state index in [9.17, 15) is 10.1 Å². The molecule has 0 radical (unpaired) electrons. The van der Waals surface area contributed by atoms with Gasteiger partial charge in [0.05, 0.1) is 24.9 Å². The predicted octanol–water partition coefficient (Wildman–Crippen LogP) is 3.36. The third kappa shape index (κ3) is 6.16. The second-order valence-corrected chi connectivity index (χ2v) is 10.2.